The summed E-state index contributed by atoms with van der Waals surface area (Å²) in [6, 6.07) is 6.20. The molecule has 1 aromatic rings. The van der Waals surface area contributed by atoms with Crippen LogP contribution in [0.3, 0.4) is 0 Å². The summed E-state index contributed by atoms with van der Waals surface area (Å²) in [6.07, 6.45) is 9.09. The SMILES string of the molecule is C/C=C(/C(=O)CC)C1=C(/C(=C/CC)NC(=O)C2CC2)Sc2cccc(SC)c2N1. The van der Waals surface area contributed by atoms with E-state index in [4.69, 9.17) is 0 Å². The molecule has 6 heteroatoms. The van der Waals surface area contributed by atoms with Crippen LogP contribution in [-0.4, -0.2) is 17.9 Å². The number of hydrogen-bond acceptors (Lipinski definition) is 5. The fourth-order valence-electron chi connectivity index (χ4n) is 3.23. The predicted octanol–water partition coefficient (Wildman–Crippen LogP) is 5.88. The van der Waals surface area contributed by atoms with Gasteiger partial charge in [0.15, 0.2) is 5.78 Å². The number of amides is 1. The molecule has 0 radical (unpaired) electrons. The van der Waals surface area contributed by atoms with Crippen molar-refractivity contribution in [3.05, 3.63) is 52.2 Å². The van der Waals surface area contributed by atoms with Crippen molar-refractivity contribution >= 4 is 40.9 Å². The van der Waals surface area contributed by atoms with Gasteiger partial charge >= 0.3 is 0 Å². The number of nitrogens with one attached hydrogen (secondary N) is 2. The number of para-hydroxylation sites is 1. The highest BCUT2D eigenvalue weighted by atomic mass is 32.2. The second kappa shape index (κ2) is 9.72. The van der Waals surface area contributed by atoms with E-state index in [1.54, 1.807) is 23.5 Å². The molecule has 0 saturated heterocycles. The molecule has 2 N–H and O–H groups in total. The number of benzene rings is 1. The van der Waals surface area contributed by atoms with E-state index in [1.807, 2.05) is 38.3 Å². The number of rotatable bonds is 8. The lowest BCUT2D eigenvalue weighted by atomic mass is 10.0. The summed E-state index contributed by atoms with van der Waals surface area (Å²) >= 11 is 3.29. The van der Waals surface area contributed by atoms with Crippen LogP contribution in [0.15, 0.2) is 62.0 Å². The molecule has 2 aliphatic rings. The zero-order chi connectivity index (χ0) is 21.0. The largest absolute Gasteiger partial charge is 0.352 e. The van der Waals surface area contributed by atoms with Crippen LogP contribution < -0.4 is 10.6 Å². The van der Waals surface area contributed by atoms with Crippen LogP contribution in [0, 0.1) is 5.92 Å². The van der Waals surface area contributed by atoms with Crippen LogP contribution in [-0.2, 0) is 9.59 Å². The molecule has 29 heavy (non-hydrogen) atoms. The zero-order valence-corrected chi connectivity index (χ0v) is 19.1. The summed E-state index contributed by atoms with van der Waals surface area (Å²) in [4.78, 5) is 28.4. The molecule has 0 spiro atoms. The molecule has 154 valence electrons. The van der Waals surface area contributed by atoms with E-state index in [9.17, 15) is 9.59 Å². The predicted molar refractivity (Wildman–Crippen MR) is 123 cm³/mol. The minimum atomic E-state index is 0.0738. The third-order valence-corrected chi connectivity index (χ3v) is 6.90. The van der Waals surface area contributed by atoms with Crippen LogP contribution in [0.25, 0.3) is 0 Å². The number of anilines is 1. The number of Topliss-reactive ketones (excluding diaryl/α,β-unsaturated/α-hetero) is 1. The van der Waals surface area contributed by atoms with Gasteiger partial charge in [0, 0.05) is 27.7 Å². The van der Waals surface area contributed by atoms with Gasteiger partial charge in [0.05, 0.1) is 22.0 Å². The number of carbonyl (C=O) groups is 2. The molecule has 1 aliphatic carbocycles. The van der Waals surface area contributed by atoms with Gasteiger partial charge in [0.1, 0.15) is 0 Å². The zero-order valence-electron chi connectivity index (χ0n) is 17.4. The first-order chi connectivity index (χ1) is 14.0. The number of thioether (sulfide) groups is 2. The average molecular weight is 429 g/mol. The van der Waals surface area contributed by atoms with Gasteiger partial charge in [-0.05, 0) is 44.6 Å². The highest BCUT2D eigenvalue weighted by Crippen LogP contribution is 2.47. The lowest BCUT2D eigenvalue weighted by molar-refractivity contribution is -0.121. The third kappa shape index (κ3) is 4.81. The molecule has 1 fully saturated rings. The first kappa shape index (κ1) is 21.8. The van der Waals surface area contributed by atoms with Crippen LogP contribution in [0.2, 0.25) is 0 Å². The Hall–Kier alpha value is -1.92. The molecule has 0 unspecified atom stereocenters. The molecule has 3 rings (SSSR count). The van der Waals surface area contributed by atoms with Gasteiger partial charge in [-0.25, -0.2) is 0 Å². The van der Waals surface area contributed by atoms with Crippen molar-refractivity contribution in [2.24, 2.45) is 5.92 Å². The smallest absolute Gasteiger partial charge is 0.227 e. The maximum absolute atomic E-state index is 12.7. The summed E-state index contributed by atoms with van der Waals surface area (Å²) < 4.78 is 0. The Labute approximate surface area is 181 Å². The van der Waals surface area contributed by atoms with Crippen LogP contribution in [0.1, 0.15) is 46.5 Å². The lowest BCUT2D eigenvalue weighted by Gasteiger charge is -2.28. The molecule has 0 aromatic heterocycles. The average Bonchev–Trinajstić information content (AvgIpc) is 3.58. The van der Waals surface area contributed by atoms with Crippen molar-refractivity contribution in [3.63, 3.8) is 0 Å². The van der Waals surface area contributed by atoms with Gasteiger partial charge in [-0.3, -0.25) is 9.59 Å². The molecule has 0 bridgehead atoms. The Morgan fingerprint density at radius 3 is 2.66 bits per heavy atom. The second-order valence-electron chi connectivity index (χ2n) is 7.03. The first-order valence-electron chi connectivity index (χ1n) is 10.1. The van der Waals surface area contributed by atoms with Gasteiger partial charge in [-0.15, -0.1) is 11.8 Å². The van der Waals surface area contributed by atoms with Crippen LogP contribution >= 0.6 is 23.5 Å². The molecule has 1 aliphatic heterocycles. The summed E-state index contributed by atoms with van der Waals surface area (Å²) in [5, 5.41) is 6.68. The summed E-state index contributed by atoms with van der Waals surface area (Å²) in [5.74, 6) is 0.280. The Morgan fingerprint density at radius 2 is 2.07 bits per heavy atom. The Bertz CT molecular complexity index is 911. The molecule has 1 amide bonds. The fraction of sp³-hybridized carbons (Fsp3) is 0.391. The number of fused-ring (bicyclic) bond motifs is 1. The molecule has 1 saturated carbocycles. The van der Waals surface area contributed by atoms with Gasteiger partial charge in [0.2, 0.25) is 5.91 Å². The maximum atomic E-state index is 12.7. The standard InChI is InChI=1S/C23H28N2O2S2/c1-5-9-16(24-23(27)14-12-13-14)22-20(15(6-2)17(26)7-3)25-21-18(28-4)10-8-11-19(21)29-22/h6,8-11,14,25H,5,7,12-13H2,1-4H3,(H,24,27)/b15-6-,16-9-. The first-order valence-corrected chi connectivity index (χ1v) is 12.2. The van der Waals surface area contributed by atoms with Gasteiger partial charge in [-0.1, -0.05) is 43.8 Å². The second-order valence-corrected chi connectivity index (χ2v) is 8.93. The fourth-order valence-corrected chi connectivity index (χ4v) is 5.01. The van der Waals surface area contributed by atoms with Gasteiger partial charge in [-0.2, -0.15) is 0 Å². The van der Waals surface area contributed by atoms with E-state index in [0.717, 1.165) is 51.0 Å². The van der Waals surface area contributed by atoms with E-state index in [0.29, 0.717) is 12.0 Å². The van der Waals surface area contributed by atoms with Gasteiger partial charge in [0.25, 0.3) is 0 Å². The number of hydrogen-bond donors (Lipinski definition) is 2. The highest BCUT2D eigenvalue weighted by Gasteiger charge is 2.32. The topological polar surface area (TPSA) is 58.2 Å². The Kier molecular flexibility index (Phi) is 7.30. The summed E-state index contributed by atoms with van der Waals surface area (Å²) in [5.41, 5.74) is 3.27. The van der Waals surface area contributed by atoms with E-state index in [-0.39, 0.29) is 17.6 Å². The Morgan fingerprint density at radius 1 is 1.31 bits per heavy atom. The van der Waals surface area contributed by atoms with E-state index in [2.05, 4.69) is 29.7 Å². The molecular weight excluding hydrogens is 400 g/mol. The van der Waals surface area contributed by atoms with E-state index in [1.165, 1.54) is 0 Å². The van der Waals surface area contributed by atoms with Crippen molar-refractivity contribution in [3.8, 4) is 0 Å². The molecular formula is C23H28N2O2S2. The molecule has 1 heterocycles. The minimum Gasteiger partial charge on any atom is -0.352 e. The monoisotopic (exact) mass is 428 g/mol. The van der Waals surface area contributed by atoms with Crippen molar-refractivity contribution in [1.29, 1.82) is 0 Å². The minimum absolute atomic E-state index is 0.0738. The maximum Gasteiger partial charge on any atom is 0.227 e. The van der Waals surface area contributed by atoms with Gasteiger partial charge < -0.3 is 10.6 Å². The Balaban J connectivity index is 2.11. The normalized spacial score (nSPS) is 17.0. The quantitative estimate of drug-likeness (QED) is 0.400. The molecule has 0 atom stereocenters. The lowest BCUT2D eigenvalue weighted by Crippen LogP contribution is -2.27. The number of allylic oxidation sites excluding steroid dienone is 3. The van der Waals surface area contributed by atoms with E-state index < -0.39 is 0 Å². The van der Waals surface area contributed by atoms with Crippen molar-refractivity contribution < 1.29 is 9.59 Å². The summed E-state index contributed by atoms with van der Waals surface area (Å²) in [7, 11) is 0. The van der Waals surface area contributed by atoms with Crippen molar-refractivity contribution in [2.45, 2.75) is 56.2 Å². The van der Waals surface area contributed by atoms with Crippen molar-refractivity contribution in [1.82, 2.24) is 5.32 Å². The number of ketones is 1. The third-order valence-electron chi connectivity index (χ3n) is 4.94. The summed E-state index contributed by atoms with van der Waals surface area (Å²) in [6.45, 7) is 5.82. The van der Waals surface area contributed by atoms with Crippen LogP contribution in [0.4, 0.5) is 5.69 Å². The van der Waals surface area contributed by atoms with Crippen LogP contribution in [0.5, 0.6) is 0 Å². The van der Waals surface area contributed by atoms with Crippen molar-refractivity contribution in [2.75, 3.05) is 11.6 Å². The van der Waals surface area contributed by atoms with E-state index >= 15 is 0 Å². The number of carbonyl (C=O) groups excluding carboxylic acids is 2. The highest BCUT2D eigenvalue weighted by molar-refractivity contribution is 8.03. The molecule has 1 aromatic carbocycles. The molecule has 4 nitrogen and oxygen atoms in total.